The van der Waals surface area contributed by atoms with E-state index in [4.69, 9.17) is 9.26 Å². The van der Waals surface area contributed by atoms with E-state index in [-0.39, 0.29) is 24.6 Å². The highest BCUT2D eigenvalue weighted by Gasteiger charge is 2.19. The van der Waals surface area contributed by atoms with Gasteiger partial charge in [0.15, 0.2) is 5.82 Å². The van der Waals surface area contributed by atoms with Gasteiger partial charge in [-0.05, 0) is 18.2 Å². The molecular formula is C24H22N6O4. The lowest BCUT2D eigenvalue weighted by Crippen LogP contribution is -2.25. The zero-order valence-electron chi connectivity index (χ0n) is 18.7. The fraction of sp³-hybridized carbons (Fsp3) is 0.208. The monoisotopic (exact) mass is 458 g/mol. The van der Waals surface area contributed by atoms with Crippen LogP contribution in [0.2, 0.25) is 0 Å². The van der Waals surface area contributed by atoms with Gasteiger partial charge in [0.25, 0.3) is 5.56 Å². The summed E-state index contributed by atoms with van der Waals surface area (Å²) in [6.45, 7) is 1.93. The average molecular weight is 458 g/mol. The Morgan fingerprint density at radius 3 is 2.74 bits per heavy atom. The van der Waals surface area contributed by atoms with E-state index in [9.17, 15) is 9.59 Å². The predicted octanol–water partition coefficient (Wildman–Crippen LogP) is 2.99. The molecule has 0 bridgehead atoms. The number of anilines is 1. The molecule has 0 saturated carbocycles. The maximum Gasteiger partial charge on any atom is 0.278 e. The van der Waals surface area contributed by atoms with Gasteiger partial charge in [-0.2, -0.15) is 4.98 Å². The van der Waals surface area contributed by atoms with Crippen LogP contribution in [0.5, 0.6) is 5.75 Å². The normalized spacial score (nSPS) is 11.2. The van der Waals surface area contributed by atoms with Crippen molar-refractivity contribution in [3.8, 4) is 5.75 Å². The van der Waals surface area contributed by atoms with E-state index in [2.05, 4.69) is 20.4 Å². The Morgan fingerprint density at radius 2 is 1.94 bits per heavy atom. The van der Waals surface area contributed by atoms with Crippen molar-refractivity contribution in [3.63, 3.8) is 0 Å². The number of carbonyl (C=O) groups is 1. The van der Waals surface area contributed by atoms with Crippen LogP contribution in [-0.4, -0.2) is 37.3 Å². The molecule has 0 radical (unpaired) electrons. The molecule has 10 heteroatoms. The first-order chi connectivity index (χ1) is 16.6. The Balaban J connectivity index is 1.56. The van der Waals surface area contributed by atoms with Gasteiger partial charge in [0, 0.05) is 11.8 Å². The summed E-state index contributed by atoms with van der Waals surface area (Å²) in [5.41, 5.74) is 1.84. The van der Waals surface area contributed by atoms with E-state index in [1.54, 1.807) is 23.8 Å². The molecule has 5 aromatic rings. The molecule has 10 nitrogen and oxygen atoms in total. The van der Waals surface area contributed by atoms with Crippen LogP contribution >= 0.6 is 0 Å². The van der Waals surface area contributed by atoms with Crippen molar-refractivity contribution >= 4 is 33.5 Å². The number of hydrogen-bond acceptors (Lipinski definition) is 7. The first-order valence-corrected chi connectivity index (χ1v) is 10.8. The zero-order chi connectivity index (χ0) is 23.7. The number of para-hydroxylation sites is 3. The molecular weight excluding hydrogens is 436 g/mol. The summed E-state index contributed by atoms with van der Waals surface area (Å²) in [7, 11) is 1.54. The molecule has 0 fully saturated rings. The maximum absolute atomic E-state index is 13.5. The number of hydrogen-bond donors (Lipinski definition) is 1. The summed E-state index contributed by atoms with van der Waals surface area (Å²) in [5, 5.41) is 7.53. The maximum atomic E-state index is 13.5. The van der Waals surface area contributed by atoms with E-state index in [1.807, 2.05) is 43.3 Å². The highest BCUT2D eigenvalue weighted by atomic mass is 16.5. The van der Waals surface area contributed by atoms with Crippen molar-refractivity contribution in [2.75, 3.05) is 12.4 Å². The molecule has 0 atom stereocenters. The molecule has 2 aromatic carbocycles. The Labute approximate surface area is 193 Å². The van der Waals surface area contributed by atoms with Crippen LogP contribution in [0, 0.1) is 0 Å². The molecule has 1 amide bonds. The third-order valence-electron chi connectivity index (χ3n) is 5.55. The Kier molecular flexibility index (Phi) is 5.54. The van der Waals surface area contributed by atoms with E-state index >= 15 is 0 Å². The number of amides is 1. The second-order valence-corrected chi connectivity index (χ2v) is 7.68. The molecule has 0 aliphatic rings. The number of aryl methyl sites for hydroxylation is 1. The van der Waals surface area contributed by atoms with Gasteiger partial charge >= 0.3 is 0 Å². The number of fused-ring (bicyclic) bond motifs is 3. The van der Waals surface area contributed by atoms with Gasteiger partial charge in [-0.3, -0.25) is 14.2 Å². The SMILES string of the molecule is CCc1noc(Cn2cnc3c4ccccc4n(CC(=O)Nc4ccccc4OC)c3c2=O)n1. The minimum atomic E-state index is -0.303. The lowest BCUT2D eigenvalue weighted by molar-refractivity contribution is -0.116. The summed E-state index contributed by atoms with van der Waals surface area (Å²) >= 11 is 0. The number of benzene rings is 2. The predicted molar refractivity (Wildman–Crippen MR) is 126 cm³/mol. The summed E-state index contributed by atoms with van der Waals surface area (Å²) in [6.07, 6.45) is 2.09. The molecule has 34 heavy (non-hydrogen) atoms. The van der Waals surface area contributed by atoms with Crippen LogP contribution in [0.3, 0.4) is 0 Å². The van der Waals surface area contributed by atoms with E-state index in [1.165, 1.54) is 10.9 Å². The van der Waals surface area contributed by atoms with Crippen LogP contribution in [-0.2, 0) is 24.3 Å². The smallest absolute Gasteiger partial charge is 0.278 e. The molecule has 0 aliphatic heterocycles. The minimum absolute atomic E-state index is 0.0798. The molecule has 1 N–H and O–H groups in total. The first-order valence-electron chi connectivity index (χ1n) is 10.8. The standard InChI is InChI=1S/C24H22N6O4/c1-3-19-27-21(34-28-19)13-29-14-25-22-15-8-4-6-10-17(15)30(23(22)24(29)32)12-20(31)26-16-9-5-7-11-18(16)33-2/h4-11,14H,3,12-13H2,1-2H3,(H,26,31). The second-order valence-electron chi connectivity index (χ2n) is 7.68. The van der Waals surface area contributed by atoms with E-state index < -0.39 is 0 Å². The van der Waals surface area contributed by atoms with Crippen molar-refractivity contribution in [1.82, 2.24) is 24.3 Å². The van der Waals surface area contributed by atoms with Gasteiger partial charge in [0.2, 0.25) is 11.8 Å². The first kappa shape index (κ1) is 21.4. The van der Waals surface area contributed by atoms with E-state index in [0.717, 1.165) is 10.9 Å². The van der Waals surface area contributed by atoms with Crippen LogP contribution in [0.1, 0.15) is 18.6 Å². The fourth-order valence-corrected chi connectivity index (χ4v) is 3.95. The average Bonchev–Trinajstić information content (AvgIpc) is 3.44. The Morgan fingerprint density at radius 1 is 1.15 bits per heavy atom. The topological polar surface area (TPSA) is 117 Å². The lowest BCUT2D eigenvalue weighted by atomic mass is 10.2. The number of rotatable bonds is 7. The number of aromatic nitrogens is 5. The summed E-state index contributed by atoms with van der Waals surface area (Å²) in [4.78, 5) is 35.3. The summed E-state index contributed by atoms with van der Waals surface area (Å²) in [5.74, 6) is 1.13. The number of methoxy groups -OCH3 is 1. The zero-order valence-corrected chi connectivity index (χ0v) is 18.7. The third-order valence-corrected chi connectivity index (χ3v) is 5.55. The molecule has 0 saturated heterocycles. The van der Waals surface area contributed by atoms with Crippen molar-refractivity contribution < 1.29 is 14.1 Å². The van der Waals surface area contributed by atoms with Crippen LogP contribution in [0.15, 0.2) is 64.2 Å². The number of nitrogens with zero attached hydrogens (tertiary/aromatic N) is 5. The Hall–Kier alpha value is -4.47. The summed E-state index contributed by atoms with van der Waals surface area (Å²) in [6, 6.07) is 14.6. The minimum Gasteiger partial charge on any atom is -0.495 e. The van der Waals surface area contributed by atoms with Crippen molar-refractivity contribution in [3.05, 3.63) is 76.9 Å². The van der Waals surface area contributed by atoms with Gasteiger partial charge in [-0.1, -0.05) is 42.4 Å². The highest BCUT2D eigenvalue weighted by molar-refractivity contribution is 6.06. The largest absolute Gasteiger partial charge is 0.495 e. The Bertz CT molecular complexity index is 1570. The molecule has 3 heterocycles. The second kappa shape index (κ2) is 8.81. The van der Waals surface area contributed by atoms with Crippen LogP contribution < -0.4 is 15.6 Å². The van der Waals surface area contributed by atoms with E-state index in [0.29, 0.717) is 40.6 Å². The molecule has 0 aliphatic carbocycles. The lowest BCUT2D eigenvalue weighted by Gasteiger charge is -2.11. The van der Waals surface area contributed by atoms with Gasteiger partial charge in [0.05, 0.1) is 24.6 Å². The van der Waals surface area contributed by atoms with Crippen molar-refractivity contribution in [2.45, 2.75) is 26.4 Å². The molecule has 172 valence electrons. The third kappa shape index (κ3) is 3.79. The van der Waals surface area contributed by atoms with Crippen LogP contribution in [0.4, 0.5) is 5.69 Å². The number of carbonyl (C=O) groups excluding carboxylic acids is 1. The fourth-order valence-electron chi connectivity index (χ4n) is 3.95. The van der Waals surface area contributed by atoms with Crippen molar-refractivity contribution in [2.24, 2.45) is 0 Å². The van der Waals surface area contributed by atoms with Crippen molar-refractivity contribution in [1.29, 1.82) is 0 Å². The number of ether oxygens (including phenoxy) is 1. The van der Waals surface area contributed by atoms with Gasteiger partial charge < -0.3 is 19.1 Å². The quantitative estimate of drug-likeness (QED) is 0.398. The molecule has 0 unspecified atom stereocenters. The van der Waals surface area contributed by atoms with Gasteiger partial charge in [-0.15, -0.1) is 0 Å². The summed E-state index contributed by atoms with van der Waals surface area (Å²) < 4.78 is 13.6. The van der Waals surface area contributed by atoms with Gasteiger partial charge in [0.1, 0.15) is 29.9 Å². The van der Waals surface area contributed by atoms with Crippen LogP contribution in [0.25, 0.3) is 21.9 Å². The van der Waals surface area contributed by atoms with Gasteiger partial charge in [-0.25, -0.2) is 4.98 Å². The number of nitrogens with one attached hydrogen (secondary N) is 1. The molecule has 3 aromatic heterocycles. The highest BCUT2D eigenvalue weighted by Crippen LogP contribution is 2.26. The molecule has 0 spiro atoms. The molecule has 5 rings (SSSR count).